The summed E-state index contributed by atoms with van der Waals surface area (Å²) in [5, 5.41) is 2.91. The summed E-state index contributed by atoms with van der Waals surface area (Å²) < 4.78 is 0. The molecule has 0 unspecified atom stereocenters. The highest BCUT2D eigenvalue weighted by Crippen LogP contribution is 2.44. The predicted molar refractivity (Wildman–Crippen MR) is 65.8 cm³/mol. The molecule has 0 aromatic rings. The molecule has 1 N–H and O–H groups in total. The van der Waals surface area contributed by atoms with Gasteiger partial charge in [0, 0.05) is 19.5 Å². The summed E-state index contributed by atoms with van der Waals surface area (Å²) >= 11 is 0. The lowest BCUT2D eigenvalue weighted by Gasteiger charge is -2.51. The van der Waals surface area contributed by atoms with E-state index in [9.17, 15) is 14.4 Å². The molecule has 0 bridgehead atoms. The zero-order valence-electron chi connectivity index (χ0n) is 11.0. The highest BCUT2D eigenvalue weighted by molar-refractivity contribution is 5.92. The number of amides is 2. The minimum Gasteiger partial charge on any atom is -0.354 e. The Balaban J connectivity index is 1.85. The van der Waals surface area contributed by atoms with Gasteiger partial charge in [0.1, 0.15) is 5.78 Å². The standard InChI is InChI=1S/C13H20N2O3/c1-9(16)7-15-8-13(12(15)18)5-3-11(4-6-13)14-10(2)17/h11H,3-8H2,1-2H3,(H,14,17). The van der Waals surface area contributed by atoms with Crippen molar-refractivity contribution < 1.29 is 14.4 Å². The fraction of sp³-hybridized carbons (Fsp3) is 0.769. The van der Waals surface area contributed by atoms with E-state index in [1.165, 1.54) is 13.8 Å². The number of hydrogen-bond donors (Lipinski definition) is 1. The van der Waals surface area contributed by atoms with Crippen molar-refractivity contribution in [1.82, 2.24) is 10.2 Å². The maximum atomic E-state index is 12.1. The zero-order chi connectivity index (χ0) is 13.3. The van der Waals surface area contributed by atoms with Gasteiger partial charge in [0.15, 0.2) is 0 Å². The smallest absolute Gasteiger partial charge is 0.231 e. The summed E-state index contributed by atoms with van der Waals surface area (Å²) in [6, 6.07) is 0.211. The molecule has 100 valence electrons. The fourth-order valence-corrected chi connectivity index (χ4v) is 3.12. The van der Waals surface area contributed by atoms with E-state index in [0.717, 1.165) is 25.7 Å². The van der Waals surface area contributed by atoms with Crippen LogP contribution in [0.25, 0.3) is 0 Å². The van der Waals surface area contributed by atoms with Crippen LogP contribution in [0.5, 0.6) is 0 Å². The normalized spacial score (nSPS) is 31.1. The van der Waals surface area contributed by atoms with Gasteiger partial charge >= 0.3 is 0 Å². The Morgan fingerprint density at radius 2 is 1.94 bits per heavy atom. The third kappa shape index (κ3) is 2.40. The van der Waals surface area contributed by atoms with E-state index in [2.05, 4.69) is 5.32 Å². The van der Waals surface area contributed by atoms with Crippen molar-refractivity contribution in [3.8, 4) is 0 Å². The second-order valence-corrected chi connectivity index (χ2v) is 5.62. The van der Waals surface area contributed by atoms with Crippen LogP contribution in [0.15, 0.2) is 0 Å². The molecule has 2 rings (SSSR count). The topological polar surface area (TPSA) is 66.5 Å². The number of hydrogen-bond acceptors (Lipinski definition) is 3. The van der Waals surface area contributed by atoms with E-state index in [1.54, 1.807) is 4.90 Å². The van der Waals surface area contributed by atoms with Crippen LogP contribution in [-0.2, 0) is 14.4 Å². The maximum Gasteiger partial charge on any atom is 0.231 e. The van der Waals surface area contributed by atoms with E-state index >= 15 is 0 Å². The second kappa shape index (κ2) is 4.71. The SMILES string of the molecule is CC(=O)CN1CC2(CCC(NC(C)=O)CC2)C1=O. The lowest BCUT2D eigenvalue weighted by molar-refractivity contribution is -0.165. The van der Waals surface area contributed by atoms with Crippen LogP contribution >= 0.6 is 0 Å². The molecule has 1 saturated heterocycles. The van der Waals surface area contributed by atoms with Gasteiger partial charge in [0.05, 0.1) is 12.0 Å². The van der Waals surface area contributed by atoms with Gasteiger partial charge in [-0.05, 0) is 32.6 Å². The van der Waals surface area contributed by atoms with Crippen molar-refractivity contribution in [2.24, 2.45) is 5.41 Å². The molecule has 1 saturated carbocycles. The van der Waals surface area contributed by atoms with Crippen molar-refractivity contribution in [3.63, 3.8) is 0 Å². The van der Waals surface area contributed by atoms with E-state index in [-0.39, 0.29) is 35.6 Å². The summed E-state index contributed by atoms with van der Waals surface area (Å²) in [7, 11) is 0. The van der Waals surface area contributed by atoms with Crippen LogP contribution in [-0.4, -0.2) is 41.6 Å². The van der Waals surface area contributed by atoms with E-state index < -0.39 is 0 Å². The average molecular weight is 252 g/mol. The molecular weight excluding hydrogens is 232 g/mol. The van der Waals surface area contributed by atoms with Crippen LogP contribution in [0, 0.1) is 5.41 Å². The van der Waals surface area contributed by atoms with Gasteiger partial charge in [-0.2, -0.15) is 0 Å². The van der Waals surface area contributed by atoms with Crippen molar-refractivity contribution in [2.75, 3.05) is 13.1 Å². The molecule has 2 amide bonds. The number of carbonyl (C=O) groups is 3. The molecule has 5 heteroatoms. The first-order chi connectivity index (χ1) is 8.43. The maximum absolute atomic E-state index is 12.1. The van der Waals surface area contributed by atoms with Crippen LogP contribution < -0.4 is 5.32 Å². The average Bonchev–Trinajstić information content (AvgIpc) is 2.29. The van der Waals surface area contributed by atoms with Gasteiger partial charge in [-0.15, -0.1) is 0 Å². The second-order valence-electron chi connectivity index (χ2n) is 5.62. The van der Waals surface area contributed by atoms with Crippen LogP contribution in [0.4, 0.5) is 0 Å². The van der Waals surface area contributed by atoms with E-state index in [1.807, 2.05) is 0 Å². The number of β-lactam (4-membered cyclic amide) rings is 1. The molecular formula is C13H20N2O3. The number of carbonyl (C=O) groups excluding carboxylic acids is 3. The summed E-state index contributed by atoms with van der Waals surface area (Å²) in [5.41, 5.74) is -0.232. The van der Waals surface area contributed by atoms with Gasteiger partial charge in [0.25, 0.3) is 0 Å². The number of Topliss-reactive ketones (excluding diaryl/α,β-unsaturated/α-hetero) is 1. The lowest BCUT2D eigenvalue weighted by atomic mass is 9.66. The minimum atomic E-state index is -0.232. The van der Waals surface area contributed by atoms with Crippen LogP contribution in [0.3, 0.4) is 0 Å². The first-order valence-electron chi connectivity index (χ1n) is 6.49. The minimum absolute atomic E-state index is 0.00547. The Bertz CT molecular complexity index is 384. The highest BCUT2D eigenvalue weighted by atomic mass is 16.2. The molecule has 1 heterocycles. The number of rotatable bonds is 3. The molecule has 0 aromatic heterocycles. The number of nitrogens with zero attached hydrogens (tertiary/aromatic N) is 1. The van der Waals surface area contributed by atoms with Crippen molar-refractivity contribution in [1.29, 1.82) is 0 Å². The Morgan fingerprint density at radius 1 is 1.33 bits per heavy atom. The Morgan fingerprint density at radius 3 is 2.39 bits per heavy atom. The van der Waals surface area contributed by atoms with Crippen molar-refractivity contribution >= 4 is 17.6 Å². The zero-order valence-corrected chi connectivity index (χ0v) is 11.0. The quantitative estimate of drug-likeness (QED) is 0.743. The third-order valence-electron chi connectivity index (χ3n) is 4.00. The molecule has 0 radical (unpaired) electrons. The van der Waals surface area contributed by atoms with Gasteiger partial charge in [-0.1, -0.05) is 0 Å². The largest absolute Gasteiger partial charge is 0.354 e. The Kier molecular flexibility index (Phi) is 3.41. The molecule has 2 fully saturated rings. The first-order valence-corrected chi connectivity index (χ1v) is 6.49. The Hall–Kier alpha value is -1.39. The fourth-order valence-electron chi connectivity index (χ4n) is 3.12. The molecule has 1 aliphatic heterocycles. The summed E-state index contributed by atoms with van der Waals surface area (Å²) in [5.74, 6) is 0.151. The van der Waals surface area contributed by atoms with Gasteiger partial charge in [-0.3, -0.25) is 14.4 Å². The van der Waals surface area contributed by atoms with Crippen molar-refractivity contribution in [2.45, 2.75) is 45.6 Å². The Labute approximate surface area is 107 Å². The third-order valence-corrected chi connectivity index (χ3v) is 4.00. The highest BCUT2D eigenvalue weighted by Gasteiger charge is 2.53. The lowest BCUT2D eigenvalue weighted by Crippen LogP contribution is -2.64. The van der Waals surface area contributed by atoms with Crippen LogP contribution in [0.1, 0.15) is 39.5 Å². The number of nitrogens with one attached hydrogen (secondary N) is 1. The monoisotopic (exact) mass is 252 g/mol. The van der Waals surface area contributed by atoms with Gasteiger partial charge < -0.3 is 10.2 Å². The molecule has 0 aromatic carbocycles. The first kappa shape index (κ1) is 13.1. The van der Waals surface area contributed by atoms with E-state index in [0.29, 0.717) is 6.54 Å². The van der Waals surface area contributed by atoms with Crippen molar-refractivity contribution in [3.05, 3.63) is 0 Å². The summed E-state index contributed by atoms with van der Waals surface area (Å²) in [6.07, 6.45) is 3.37. The molecule has 1 aliphatic carbocycles. The van der Waals surface area contributed by atoms with Gasteiger partial charge in [0.2, 0.25) is 11.8 Å². The number of ketones is 1. The predicted octanol–water partition coefficient (Wildman–Crippen LogP) is 0.483. The molecule has 2 aliphatic rings. The van der Waals surface area contributed by atoms with E-state index in [4.69, 9.17) is 0 Å². The van der Waals surface area contributed by atoms with Gasteiger partial charge in [-0.25, -0.2) is 0 Å². The molecule has 5 nitrogen and oxygen atoms in total. The number of likely N-dealkylation sites (tertiary alicyclic amines) is 1. The van der Waals surface area contributed by atoms with Crippen LogP contribution in [0.2, 0.25) is 0 Å². The summed E-state index contributed by atoms with van der Waals surface area (Å²) in [6.45, 7) is 3.98. The molecule has 18 heavy (non-hydrogen) atoms. The molecule has 1 spiro atoms. The summed E-state index contributed by atoms with van der Waals surface area (Å²) in [4.78, 5) is 35.7. The molecule has 0 atom stereocenters.